The Morgan fingerprint density at radius 1 is 1.10 bits per heavy atom. The molecule has 1 aromatic heterocycles. The number of aromatic nitrogens is 1. The molecule has 1 fully saturated rings. The van der Waals surface area contributed by atoms with Gasteiger partial charge in [-0.15, -0.1) is 0 Å². The van der Waals surface area contributed by atoms with Crippen molar-refractivity contribution in [2.24, 2.45) is 4.99 Å². The molecule has 0 aliphatic carbocycles. The summed E-state index contributed by atoms with van der Waals surface area (Å²) in [5.41, 5.74) is 1.97. The third-order valence-electron chi connectivity index (χ3n) is 7.05. The molecule has 8 nitrogen and oxygen atoms in total. The summed E-state index contributed by atoms with van der Waals surface area (Å²) in [5, 5.41) is 11.8. The molecule has 1 atom stereocenters. The highest BCUT2D eigenvalue weighted by atomic mass is 19.1. The van der Waals surface area contributed by atoms with Crippen molar-refractivity contribution in [2.75, 3.05) is 32.2 Å². The number of amidine groups is 1. The third-order valence-corrected chi connectivity index (χ3v) is 7.05. The van der Waals surface area contributed by atoms with Gasteiger partial charge in [-0.3, -0.25) is 14.7 Å². The minimum atomic E-state index is -0.661. The summed E-state index contributed by atoms with van der Waals surface area (Å²) in [4.78, 5) is 25.7. The van der Waals surface area contributed by atoms with Crippen LogP contribution in [0.4, 0.5) is 14.5 Å². The number of ether oxygens (including phenoxy) is 2. The van der Waals surface area contributed by atoms with Gasteiger partial charge in [0.15, 0.2) is 0 Å². The van der Waals surface area contributed by atoms with Crippen LogP contribution in [0.5, 0.6) is 11.5 Å². The fourth-order valence-corrected chi connectivity index (χ4v) is 5.13. The van der Waals surface area contributed by atoms with E-state index in [1.54, 1.807) is 36.5 Å². The second-order valence-corrected chi connectivity index (χ2v) is 9.52. The average molecular weight is 547 g/mol. The summed E-state index contributed by atoms with van der Waals surface area (Å²) in [6, 6.07) is 12.1. The van der Waals surface area contributed by atoms with Crippen LogP contribution in [0.2, 0.25) is 0 Å². The zero-order valence-electron chi connectivity index (χ0n) is 22.3. The van der Waals surface area contributed by atoms with Crippen LogP contribution in [0.15, 0.2) is 83.5 Å². The van der Waals surface area contributed by atoms with E-state index in [0.29, 0.717) is 47.1 Å². The Morgan fingerprint density at radius 2 is 1.82 bits per heavy atom. The Labute approximate surface area is 230 Å². The van der Waals surface area contributed by atoms with Gasteiger partial charge in [-0.1, -0.05) is 18.7 Å². The standard InChI is InChI=1S/C30H28F2N4O4/c1-17-14-19(10-12-33-17)28-34-18(2)26(30(38)36(28)27-24(39-3)6-5-7-25(27)40-4)29(37)35-13-11-20(16-35)22-9-8-21(31)15-23(22)32/h5-10,12,14-15,20,38H,2,11,13,16H2,1,3-4H3. The number of rotatable bonds is 6. The number of likely N-dealkylation sites (tertiary alicyclic amines) is 1. The highest BCUT2D eigenvalue weighted by Gasteiger charge is 2.39. The maximum absolute atomic E-state index is 14.5. The topological polar surface area (TPSA) is 87.5 Å². The summed E-state index contributed by atoms with van der Waals surface area (Å²) >= 11 is 0. The van der Waals surface area contributed by atoms with E-state index >= 15 is 0 Å². The number of amides is 1. The summed E-state index contributed by atoms with van der Waals surface area (Å²) in [7, 11) is 2.97. The first-order chi connectivity index (χ1) is 19.2. The number of methoxy groups -OCH3 is 2. The van der Waals surface area contributed by atoms with Gasteiger partial charge in [-0.05, 0) is 49.2 Å². The van der Waals surface area contributed by atoms with Gasteiger partial charge >= 0.3 is 0 Å². The van der Waals surface area contributed by atoms with Crippen LogP contribution in [-0.4, -0.2) is 54.0 Å². The van der Waals surface area contributed by atoms with Crippen molar-refractivity contribution in [3.05, 3.63) is 107 Å². The SMILES string of the molecule is C=C1N=C(c2ccnc(C)c2)N(c2c(OC)cccc2OC)C(O)=C1C(=O)N1CCC(c2ccc(F)cc2F)C1. The molecule has 10 heteroatoms. The minimum Gasteiger partial charge on any atom is -0.494 e. The van der Waals surface area contributed by atoms with E-state index in [-0.39, 0.29) is 23.7 Å². The number of benzene rings is 2. The highest BCUT2D eigenvalue weighted by Crippen LogP contribution is 2.43. The molecule has 1 saturated heterocycles. The monoisotopic (exact) mass is 546 g/mol. The first-order valence-electron chi connectivity index (χ1n) is 12.6. The van der Waals surface area contributed by atoms with E-state index < -0.39 is 23.4 Å². The van der Waals surface area contributed by atoms with Crippen LogP contribution in [0.3, 0.4) is 0 Å². The third kappa shape index (κ3) is 4.76. The molecule has 5 rings (SSSR count). The second-order valence-electron chi connectivity index (χ2n) is 9.52. The van der Waals surface area contributed by atoms with Crippen molar-refractivity contribution >= 4 is 17.4 Å². The van der Waals surface area contributed by atoms with Crippen LogP contribution >= 0.6 is 0 Å². The van der Waals surface area contributed by atoms with Gasteiger partial charge < -0.3 is 19.5 Å². The zero-order chi connectivity index (χ0) is 28.6. The molecule has 1 N–H and O–H groups in total. The summed E-state index contributed by atoms with van der Waals surface area (Å²) < 4.78 is 39.1. The molecular formula is C30H28F2N4O4. The summed E-state index contributed by atoms with van der Waals surface area (Å²) in [6.45, 7) is 6.31. The first kappa shape index (κ1) is 26.9. The number of carbonyl (C=O) groups excluding carboxylic acids is 1. The van der Waals surface area contributed by atoms with Crippen molar-refractivity contribution in [3.8, 4) is 11.5 Å². The number of halogens is 2. The fraction of sp³-hybridized carbons (Fsp3) is 0.233. The van der Waals surface area contributed by atoms with Crippen LogP contribution < -0.4 is 14.4 Å². The number of aliphatic hydroxyl groups is 1. The first-order valence-corrected chi connectivity index (χ1v) is 12.6. The average Bonchev–Trinajstić information content (AvgIpc) is 3.42. The van der Waals surface area contributed by atoms with Crippen molar-refractivity contribution in [1.82, 2.24) is 9.88 Å². The molecule has 206 valence electrons. The smallest absolute Gasteiger partial charge is 0.261 e. The number of pyridine rings is 1. The molecule has 2 aliphatic heterocycles. The van der Waals surface area contributed by atoms with E-state index in [2.05, 4.69) is 16.6 Å². The van der Waals surface area contributed by atoms with E-state index in [1.165, 1.54) is 36.2 Å². The molecule has 3 heterocycles. The number of hydrogen-bond donors (Lipinski definition) is 1. The van der Waals surface area contributed by atoms with Gasteiger partial charge in [0, 0.05) is 42.5 Å². The minimum absolute atomic E-state index is 0.0634. The lowest BCUT2D eigenvalue weighted by Gasteiger charge is -2.33. The predicted molar refractivity (Wildman–Crippen MR) is 147 cm³/mol. The Balaban J connectivity index is 1.58. The van der Waals surface area contributed by atoms with Crippen molar-refractivity contribution in [1.29, 1.82) is 0 Å². The molecule has 1 unspecified atom stereocenters. The lowest BCUT2D eigenvalue weighted by molar-refractivity contribution is -0.126. The molecule has 0 bridgehead atoms. The van der Waals surface area contributed by atoms with E-state index in [1.807, 2.05) is 6.92 Å². The molecule has 2 aromatic carbocycles. The van der Waals surface area contributed by atoms with Gasteiger partial charge in [-0.25, -0.2) is 13.8 Å². The number of hydrogen-bond acceptors (Lipinski definition) is 7. The number of anilines is 1. The number of aliphatic hydroxyl groups excluding tert-OH is 1. The largest absolute Gasteiger partial charge is 0.494 e. The molecule has 1 amide bonds. The highest BCUT2D eigenvalue weighted by molar-refractivity contribution is 6.17. The van der Waals surface area contributed by atoms with E-state index in [0.717, 1.165) is 11.8 Å². The summed E-state index contributed by atoms with van der Waals surface area (Å²) in [6.07, 6.45) is 2.09. The number of carbonyl (C=O) groups is 1. The quantitative estimate of drug-likeness (QED) is 0.455. The number of para-hydroxylation sites is 1. The zero-order valence-corrected chi connectivity index (χ0v) is 22.3. The molecule has 40 heavy (non-hydrogen) atoms. The number of aryl methyl sites for hydroxylation is 1. The molecule has 0 radical (unpaired) electrons. The molecule has 3 aromatic rings. The second kappa shape index (κ2) is 10.8. The maximum Gasteiger partial charge on any atom is 0.261 e. The molecule has 2 aliphatic rings. The molecular weight excluding hydrogens is 518 g/mol. The molecule has 0 spiro atoms. The Morgan fingerprint density at radius 3 is 2.48 bits per heavy atom. The Kier molecular flexibility index (Phi) is 7.25. The normalized spacial score (nSPS) is 17.3. The van der Waals surface area contributed by atoms with Crippen LogP contribution in [-0.2, 0) is 4.79 Å². The van der Waals surface area contributed by atoms with Gasteiger partial charge in [-0.2, -0.15) is 0 Å². The predicted octanol–water partition coefficient (Wildman–Crippen LogP) is 5.25. The van der Waals surface area contributed by atoms with Crippen molar-refractivity contribution < 1.29 is 28.2 Å². The Bertz CT molecular complexity index is 1550. The summed E-state index contributed by atoms with van der Waals surface area (Å²) in [5.74, 6) is -1.53. The van der Waals surface area contributed by atoms with Crippen LogP contribution in [0, 0.1) is 18.6 Å². The van der Waals surface area contributed by atoms with Gasteiger partial charge in [0.05, 0.1) is 19.9 Å². The lowest BCUT2D eigenvalue weighted by Crippen LogP contribution is -2.40. The van der Waals surface area contributed by atoms with E-state index in [9.17, 15) is 18.7 Å². The van der Waals surface area contributed by atoms with Gasteiger partial charge in [0.1, 0.15) is 40.2 Å². The number of aliphatic imine (C=N–C) groups is 1. The van der Waals surface area contributed by atoms with Crippen molar-refractivity contribution in [3.63, 3.8) is 0 Å². The van der Waals surface area contributed by atoms with E-state index in [4.69, 9.17) is 9.47 Å². The van der Waals surface area contributed by atoms with Gasteiger partial charge in [0.25, 0.3) is 5.91 Å². The maximum atomic E-state index is 14.5. The van der Waals surface area contributed by atoms with Crippen LogP contribution in [0.25, 0.3) is 0 Å². The van der Waals surface area contributed by atoms with Crippen LogP contribution in [0.1, 0.15) is 29.2 Å². The Hall–Kier alpha value is -4.73. The number of nitrogens with zero attached hydrogens (tertiary/aromatic N) is 4. The van der Waals surface area contributed by atoms with Crippen molar-refractivity contribution in [2.45, 2.75) is 19.3 Å². The lowest BCUT2D eigenvalue weighted by atomic mass is 9.98. The van der Waals surface area contributed by atoms with Gasteiger partial charge in [0.2, 0.25) is 5.88 Å². The fourth-order valence-electron chi connectivity index (χ4n) is 5.13. The molecule has 0 saturated carbocycles.